The average Bonchev–Trinajstić information content (AvgIpc) is 2.72. The van der Waals surface area contributed by atoms with Crippen LogP contribution in [0.5, 0.6) is 0 Å². The van der Waals surface area contributed by atoms with Crippen molar-refractivity contribution < 1.29 is 9.90 Å². The molecule has 0 unspecified atom stereocenters. The van der Waals surface area contributed by atoms with Crippen molar-refractivity contribution in [2.45, 2.75) is 18.8 Å². The van der Waals surface area contributed by atoms with Crippen LogP contribution in [0.4, 0.5) is 0 Å². The topological polar surface area (TPSA) is 37.3 Å². The molecule has 0 bridgehead atoms. The molecule has 1 aliphatic rings. The molecule has 2 heteroatoms. The zero-order valence-electron chi connectivity index (χ0n) is 14.9. The van der Waals surface area contributed by atoms with Crippen molar-refractivity contribution in [3.8, 4) is 0 Å². The molecule has 2 atom stereocenters. The number of fused-ring (bicyclic) bond motifs is 4. The van der Waals surface area contributed by atoms with Crippen molar-refractivity contribution in [3.05, 3.63) is 95.6 Å². The fraction of sp³-hybridized carbons (Fsp3) is 0.160. The summed E-state index contributed by atoms with van der Waals surface area (Å²) >= 11 is 0. The van der Waals surface area contributed by atoms with Crippen LogP contribution in [-0.2, 0) is 11.2 Å². The Morgan fingerprint density at radius 3 is 2.22 bits per heavy atom. The predicted molar refractivity (Wildman–Crippen MR) is 109 cm³/mol. The average molecular weight is 352 g/mol. The van der Waals surface area contributed by atoms with Gasteiger partial charge in [-0.25, -0.2) is 0 Å². The lowest BCUT2D eigenvalue weighted by Gasteiger charge is -2.33. The molecule has 2 nitrogen and oxygen atoms in total. The van der Waals surface area contributed by atoms with E-state index in [1.54, 1.807) is 0 Å². The van der Waals surface area contributed by atoms with E-state index in [-0.39, 0.29) is 5.92 Å². The number of aliphatic carboxylic acids is 1. The molecule has 0 saturated heterocycles. The van der Waals surface area contributed by atoms with Crippen LogP contribution in [0.15, 0.2) is 78.9 Å². The highest BCUT2D eigenvalue weighted by atomic mass is 16.4. The fourth-order valence-corrected chi connectivity index (χ4v) is 4.76. The molecule has 5 rings (SSSR count). The Bertz CT molecular complexity index is 1170. The molecule has 4 aromatic rings. The van der Waals surface area contributed by atoms with Gasteiger partial charge in [-0.15, -0.1) is 0 Å². The van der Waals surface area contributed by atoms with Gasteiger partial charge in [0.2, 0.25) is 0 Å². The number of aryl methyl sites for hydroxylation is 1. The number of carboxylic acid groups (broad SMARTS) is 1. The van der Waals surface area contributed by atoms with E-state index in [1.807, 2.05) is 24.3 Å². The van der Waals surface area contributed by atoms with Gasteiger partial charge in [0.15, 0.2) is 0 Å². The van der Waals surface area contributed by atoms with Crippen LogP contribution in [0.25, 0.3) is 21.5 Å². The summed E-state index contributed by atoms with van der Waals surface area (Å²) in [5, 5.41) is 14.7. The van der Waals surface area contributed by atoms with Crippen molar-refractivity contribution in [1.82, 2.24) is 0 Å². The smallest absolute Gasteiger partial charge is 0.307 e. The minimum absolute atomic E-state index is 0.136. The molecule has 132 valence electrons. The van der Waals surface area contributed by atoms with E-state index in [2.05, 4.69) is 54.6 Å². The lowest BCUT2D eigenvalue weighted by molar-refractivity contribution is -0.142. The van der Waals surface area contributed by atoms with Gasteiger partial charge in [-0.2, -0.15) is 0 Å². The molecule has 0 heterocycles. The molecule has 0 radical (unpaired) electrons. The van der Waals surface area contributed by atoms with Gasteiger partial charge in [-0.05, 0) is 51.1 Å². The maximum atomic E-state index is 12.2. The van der Waals surface area contributed by atoms with Crippen LogP contribution >= 0.6 is 0 Å². The van der Waals surface area contributed by atoms with E-state index in [0.717, 1.165) is 22.8 Å². The number of benzene rings is 4. The maximum Gasteiger partial charge on any atom is 0.307 e. The number of hydrogen-bond acceptors (Lipinski definition) is 1. The lowest BCUT2D eigenvalue weighted by atomic mass is 9.69. The SMILES string of the molecule is O=C(O)[C@H]1CCc2ccc3ccccc3c2[C@@H]1c1cccc2ccccc12. The van der Waals surface area contributed by atoms with E-state index >= 15 is 0 Å². The zero-order valence-corrected chi connectivity index (χ0v) is 14.9. The van der Waals surface area contributed by atoms with Crippen LogP contribution in [-0.4, -0.2) is 11.1 Å². The number of hydrogen-bond donors (Lipinski definition) is 1. The minimum atomic E-state index is -0.702. The number of rotatable bonds is 2. The quantitative estimate of drug-likeness (QED) is 0.497. The monoisotopic (exact) mass is 352 g/mol. The normalized spacial score (nSPS) is 19.1. The summed E-state index contributed by atoms with van der Waals surface area (Å²) in [4.78, 5) is 12.2. The van der Waals surface area contributed by atoms with Gasteiger partial charge in [-0.3, -0.25) is 4.79 Å². The summed E-state index contributed by atoms with van der Waals surface area (Å²) in [6, 6.07) is 27.2. The largest absolute Gasteiger partial charge is 0.481 e. The molecule has 0 spiro atoms. The summed E-state index contributed by atoms with van der Waals surface area (Å²) in [7, 11) is 0. The van der Waals surface area contributed by atoms with Crippen molar-refractivity contribution >= 4 is 27.5 Å². The van der Waals surface area contributed by atoms with Crippen LogP contribution in [0, 0.1) is 5.92 Å². The first-order chi connectivity index (χ1) is 13.2. The molecule has 0 aromatic heterocycles. The van der Waals surface area contributed by atoms with Crippen LogP contribution < -0.4 is 0 Å². The molecule has 1 N–H and O–H groups in total. The zero-order chi connectivity index (χ0) is 18.4. The van der Waals surface area contributed by atoms with Gasteiger partial charge >= 0.3 is 5.97 Å². The third kappa shape index (κ3) is 2.52. The summed E-state index contributed by atoms with van der Waals surface area (Å²) in [5.74, 6) is -1.25. The first kappa shape index (κ1) is 16.1. The number of carboxylic acids is 1. The standard InChI is InChI=1S/C25H20O2/c26-25(27)22-15-14-18-13-12-17-7-2-4-10-20(17)23(18)24(22)21-11-5-8-16-6-1-3-9-19(16)21/h1-13,22,24H,14-15H2,(H,26,27)/t22-,24+/m0/s1. The van der Waals surface area contributed by atoms with Gasteiger partial charge in [0.1, 0.15) is 0 Å². The fourth-order valence-electron chi connectivity index (χ4n) is 4.76. The predicted octanol–water partition coefficient (Wildman–Crippen LogP) is 5.77. The summed E-state index contributed by atoms with van der Waals surface area (Å²) < 4.78 is 0. The molecule has 0 amide bonds. The Kier molecular flexibility index (Phi) is 3.71. The highest BCUT2D eigenvalue weighted by Crippen LogP contribution is 2.46. The maximum absolute atomic E-state index is 12.2. The molecule has 0 fully saturated rings. The molecular weight excluding hydrogens is 332 g/mol. The van der Waals surface area contributed by atoms with Gasteiger partial charge in [0, 0.05) is 5.92 Å². The third-order valence-corrected chi connectivity index (χ3v) is 5.97. The Balaban J connectivity index is 1.86. The van der Waals surface area contributed by atoms with Crippen molar-refractivity contribution in [2.24, 2.45) is 5.92 Å². The van der Waals surface area contributed by atoms with Crippen LogP contribution in [0.3, 0.4) is 0 Å². The molecule has 0 aliphatic heterocycles. The molecule has 1 aliphatic carbocycles. The summed E-state index contributed by atoms with van der Waals surface area (Å²) in [6.07, 6.45) is 1.49. The van der Waals surface area contributed by atoms with E-state index in [4.69, 9.17) is 0 Å². The first-order valence-electron chi connectivity index (χ1n) is 9.45. The second-order valence-electron chi connectivity index (χ2n) is 7.39. The lowest BCUT2D eigenvalue weighted by Crippen LogP contribution is -2.28. The third-order valence-electron chi connectivity index (χ3n) is 5.97. The van der Waals surface area contributed by atoms with Gasteiger partial charge in [0.05, 0.1) is 5.92 Å². The van der Waals surface area contributed by atoms with Crippen molar-refractivity contribution in [1.29, 1.82) is 0 Å². The van der Waals surface area contributed by atoms with E-state index < -0.39 is 11.9 Å². The van der Waals surface area contributed by atoms with Crippen LogP contribution in [0.2, 0.25) is 0 Å². The highest BCUT2D eigenvalue weighted by molar-refractivity contribution is 5.92. The Morgan fingerprint density at radius 1 is 0.778 bits per heavy atom. The minimum Gasteiger partial charge on any atom is -0.481 e. The Labute approximate surface area is 158 Å². The van der Waals surface area contributed by atoms with Gasteiger partial charge in [0.25, 0.3) is 0 Å². The molecule has 0 saturated carbocycles. The first-order valence-corrected chi connectivity index (χ1v) is 9.45. The second kappa shape index (κ2) is 6.24. The van der Waals surface area contributed by atoms with E-state index in [1.165, 1.54) is 21.9 Å². The van der Waals surface area contributed by atoms with Crippen molar-refractivity contribution in [2.75, 3.05) is 0 Å². The van der Waals surface area contributed by atoms with Gasteiger partial charge < -0.3 is 5.11 Å². The second-order valence-corrected chi connectivity index (χ2v) is 7.39. The summed E-state index contributed by atoms with van der Waals surface area (Å²) in [6.45, 7) is 0. The Hall–Kier alpha value is -3.13. The number of carbonyl (C=O) groups is 1. The van der Waals surface area contributed by atoms with E-state index in [0.29, 0.717) is 6.42 Å². The molecular formula is C25H20O2. The molecule has 27 heavy (non-hydrogen) atoms. The van der Waals surface area contributed by atoms with Gasteiger partial charge in [-0.1, -0.05) is 78.9 Å². The highest BCUT2D eigenvalue weighted by Gasteiger charge is 2.37. The Morgan fingerprint density at radius 2 is 1.44 bits per heavy atom. The van der Waals surface area contributed by atoms with Crippen LogP contribution in [0.1, 0.15) is 29.0 Å². The van der Waals surface area contributed by atoms with Crippen molar-refractivity contribution in [3.63, 3.8) is 0 Å². The molecule has 4 aromatic carbocycles. The van der Waals surface area contributed by atoms with E-state index in [9.17, 15) is 9.90 Å². The summed E-state index contributed by atoms with van der Waals surface area (Å²) in [5.41, 5.74) is 3.60.